The van der Waals surface area contributed by atoms with E-state index in [9.17, 15) is 13.2 Å². The molecule has 0 aliphatic heterocycles. The largest absolute Gasteiger partial charge is 0.459 e. The Kier molecular flexibility index (Phi) is 6.18. The van der Waals surface area contributed by atoms with Crippen LogP contribution in [0.3, 0.4) is 0 Å². The minimum Gasteiger partial charge on any atom is -0.459 e. The molecule has 0 saturated heterocycles. The molecule has 0 amide bonds. The summed E-state index contributed by atoms with van der Waals surface area (Å²) in [7, 11) is -0.518. The fourth-order valence-corrected chi connectivity index (χ4v) is 3.63. The van der Waals surface area contributed by atoms with Crippen molar-refractivity contribution in [3.8, 4) is 0 Å². The first-order valence-corrected chi connectivity index (χ1v) is 9.59. The van der Waals surface area contributed by atoms with Gasteiger partial charge < -0.3 is 4.74 Å². The summed E-state index contributed by atoms with van der Waals surface area (Å²) in [6, 6.07) is 5.93. The second-order valence-corrected chi connectivity index (χ2v) is 8.34. The maximum Gasteiger partial charge on any atom is 0.338 e. The van der Waals surface area contributed by atoms with Crippen LogP contribution in [0.25, 0.3) is 0 Å². The lowest BCUT2D eigenvalue weighted by atomic mass is 9.98. The van der Waals surface area contributed by atoms with Crippen LogP contribution in [0.2, 0.25) is 0 Å². The fraction of sp³-hybridized carbons (Fsp3) is 0.588. The number of hydrogen-bond acceptors (Lipinski definition) is 4. The van der Waals surface area contributed by atoms with Crippen LogP contribution < -0.4 is 0 Å². The van der Waals surface area contributed by atoms with Gasteiger partial charge in [0.05, 0.1) is 10.5 Å². The first-order valence-electron chi connectivity index (χ1n) is 8.15. The van der Waals surface area contributed by atoms with Crippen molar-refractivity contribution >= 4 is 16.0 Å². The SMILES string of the molecule is CN(C)S(=O)(=O)c1ccc(C(=O)OC2CCCCCCC2)cc1. The van der Waals surface area contributed by atoms with Crippen LogP contribution in [0.15, 0.2) is 29.2 Å². The van der Waals surface area contributed by atoms with Crippen molar-refractivity contribution in [2.45, 2.75) is 55.9 Å². The molecule has 0 aromatic heterocycles. The maximum atomic E-state index is 12.2. The van der Waals surface area contributed by atoms with Gasteiger partial charge in [-0.25, -0.2) is 17.5 Å². The molecule has 0 radical (unpaired) electrons. The van der Waals surface area contributed by atoms with E-state index >= 15 is 0 Å². The second kappa shape index (κ2) is 7.93. The van der Waals surface area contributed by atoms with Gasteiger partial charge in [-0.1, -0.05) is 19.3 Å². The predicted octanol–water partition coefficient (Wildman–Crippen LogP) is 3.21. The minimum atomic E-state index is -3.47. The molecular weight excluding hydrogens is 314 g/mol. The standard InChI is InChI=1S/C17H25NO4S/c1-18(2)23(20,21)16-12-10-14(11-13-16)17(19)22-15-8-6-4-3-5-7-9-15/h10-13,15H,3-9H2,1-2H3. The molecule has 0 N–H and O–H groups in total. The smallest absolute Gasteiger partial charge is 0.338 e. The number of esters is 1. The van der Waals surface area contributed by atoms with E-state index in [1.54, 1.807) is 0 Å². The monoisotopic (exact) mass is 339 g/mol. The van der Waals surface area contributed by atoms with E-state index < -0.39 is 10.0 Å². The number of carbonyl (C=O) groups is 1. The van der Waals surface area contributed by atoms with Crippen molar-refractivity contribution in [2.24, 2.45) is 0 Å². The first-order chi connectivity index (χ1) is 10.9. The number of nitrogens with zero attached hydrogens (tertiary/aromatic N) is 1. The zero-order chi connectivity index (χ0) is 16.9. The number of rotatable bonds is 4. The van der Waals surface area contributed by atoms with Gasteiger partial charge in [-0.15, -0.1) is 0 Å². The van der Waals surface area contributed by atoms with E-state index in [1.165, 1.54) is 57.6 Å². The molecule has 1 fully saturated rings. The molecule has 128 valence electrons. The molecule has 0 spiro atoms. The van der Waals surface area contributed by atoms with Crippen LogP contribution in [0, 0.1) is 0 Å². The van der Waals surface area contributed by atoms with Crippen molar-refractivity contribution in [1.29, 1.82) is 0 Å². The molecule has 1 aliphatic carbocycles. The highest BCUT2D eigenvalue weighted by atomic mass is 32.2. The number of benzene rings is 1. The van der Waals surface area contributed by atoms with Gasteiger partial charge in [-0.2, -0.15) is 0 Å². The van der Waals surface area contributed by atoms with Crippen LogP contribution >= 0.6 is 0 Å². The van der Waals surface area contributed by atoms with Gasteiger partial charge in [0.15, 0.2) is 0 Å². The van der Waals surface area contributed by atoms with Gasteiger partial charge in [0.1, 0.15) is 6.10 Å². The number of carbonyl (C=O) groups excluding carboxylic acids is 1. The van der Waals surface area contributed by atoms with Crippen LogP contribution in [0.1, 0.15) is 55.3 Å². The molecule has 5 nitrogen and oxygen atoms in total. The highest BCUT2D eigenvalue weighted by Crippen LogP contribution is 2.21. The molecule has 23 heavy (non-hydrogen) atoms. The highest BCUT2D eigenvalue weighted by molar-refractivity contribution is 7.89. The molecule has 1 saturated carbocycles. The van der Waals surface area contributed by atoms with Gasteiger partial charge in [0.25, 0.3) is 0 Å². The van der Waals surface area contributed by atoms with Crippen molar-refractivity contribution in [1.82, 2.24) is 4.31 Å². The van der Waals surface area contributed by atoms with Gasteiger partial charge in [0, 0.05) is 14.1 Å². The summed E-state index contributed by atoms with van der Waals surface area (Å²) >= 11 is 0. The fourth-order valence-electron chi connectivity index (χ4n) is 2.73. The summed E-state index contributed by atoms with van der Waals surface area (Å²) < 4.78 is 30.8. The Morgan fingerprint density at radius 2 is 1.52 bits per heavy atom. The third-order valence-electron chi connectivity index (χ3n) is 4.19. The van der Waals surface area contributed by atoms with Gasteiger partial charge in [-0.3, -0.25) is 0 Å². The zero-order valence-electron chi connectivity index (χ0n) is 13.8. The second-order valence-electron chi connectivity index (χ2n) is 6.18. The normalized spacial score (nSPS) is 17.5. The van der Waals surface area contributed by atoms with E-state index in [0.29, 0.717) is 5.56 Å². The quantitative estimate of drug-likeness (QED) is 0.790. The molecule has 1 aliphatic rings. The summed E-state index contributed by atoms with van der Waals surface area (Å²) in [6.07, 6.45) is 7.67. The van der Waals surface area contributed by atoms with Crippen LogP contribution in [-0.4, -0.2) is 38.9 Å². The van der Waals surface area contributed by atoms with Crippen molar-refractivity contribution < 1.29 is 17.9 Å². The van der Waals surface area contributed by atoms with Crippen LogP contribution in [0.5, 0.6) is 0 Å². The topological polar surface area (TPSA) is 63.7 Å². The molecule has 0 heterocycles. The Labute approximate surface area is 138 Å². The van der Waals surface area contributed by atoms with Crippen LogP contribution in [0.4, 0.5) is 0 Å². The number of sulfonamides is 1. The van der Waals surface area contributed by atoms with Gasteiger partial charge in [0.2, 0.25) is 10.0 Å². The Balaban J connectivity index is 2.02. The molecular formula is C17H25NO4S. The van der Waals surface area contributed by atoms with Crippen molar-refractivity contribution in [3.63, 3.8) is 0 Å². The van der Waals surface area contributed by atoms with Crippen molar-refractivity contribution in [2.75, 3.05) is 14.1 Å². The first kappa shape index (κ1) is 17.9. The van der Waals surface area contributed by atoms with E-state index in [0.717, 1.165) is 30.0 Å². The lowest BCUT2D eigenvalue weighted by molar-refractivity contribution is 0.0239. The summed E-state index contributed by atoms with van der Waals surface area (Å²) in [5.41, 5.74) is 0.393. The Bertz CT molecular complexity index is 614. The summed E-state index contributed by atoms with van der Waals surface area (Å²) in [5.74, 6) is -0.371. The lowest BCUT2D eigenvalue weighted by Gasteiger charge is -2.20. The average molecular weight is 339 g/mol. The Morgan fingerprint density at radius 1 is 1.00 bits per heavy atom. The minimum absolute atomic E-state index is 0.0204. The van der Waals surface area contributed by atoms with E-state index in [-0.39, 0.29) is 17.0 Å². The third-order valence-corrected chi connectivity index (χ3v) is 6.02. The molecule has 6 heteroatoms. The molecule has 1 aromatic carbocycles. The Morgan fingerprint density at radius 3 is 2.04 bits per heavy atom. The molecule has 1 aromatic rings. The molecule has 2 rings (SSSR count). The summed E-state index contributed by atoms with van der Waals surface area (Å²) in [5, 5.41) is 0. The van der Waals surface area contributed by atoms with Crippen molar-refractivity contribution in [3.05, 3.63) is 29.8 Å². The predicted molar refractivity (Wildman–Crippen MR) is 88.8 cm³/mol. The van der Waals surface area contributed by atoms with Gasteiger partial charge >= 0.3 is 5.97 Å². The third kappa shape index (κ3) is 4.78. The summed E-state index contributed by atoms with van der Waals surface area (Å²) in [6.45, 7) is 0. The highest BCUT2D eigenvalue weighted by Gasteiger charge is 2.20. The molecule has 0 atom stereocenters. The average Bonchev–Trinajstić information content (AvgIpc) is 2.49. The van der Waals surface area contributed by atoms with E-state index in [1.807, 2.05) is 0 Å². The number of hydrogen-bond donors (Lipinski definition) is 0. The van der Waals surface area contributed by atoms with Gasteiger partial charge in [-0.05, 0) is 49.9 Å². The number of ether oxygens (including phenoxy) is 1. The molecule has 0 bridgehead atoms. The summed E-state index contributed by atoms with van der Waals surface area (Å²) in [4.78, 5) is 12.4. The Hall–Kier alpha value is -1.40. The molecule has 0 unspecified atom stereocenters. The van der Waals surface area contributed by atoms with E-state index in [2.05, 4.69) is 0 Å². The van der Waals surface area contributed by atoms with E-state index in [4.69, 9.17) is 4.74 Å². The maximum absolute atomic E-state index is 12.2. The zero-order valence-corrected chi connectivity index (χ0v) is 14.6. The lowest BCUT2D eigenvalue weighted by Crippen LogP contribution is -2.22. The van der Waals surface area contributed by atoms with Crippen LogP contribution in [-0.2, 0) is 14.8 Å².